The average molecular weight is 636 g/mol. The van der Waals surface area contributed by atoms with E-state index in [0.29, 0.717) is 11.4 Å². The quantitative estimate of drug-likeness (QED) is 0.155. The van der Waals surface area contributed by atoms with E-state index in [-0.39, 0.29) is 50.1 Å². The Labute approximate surface area is 270 Å². The first-order valence-corrected chi connectivity index (χ1v) is 15.2. The van der Waals surface area contributed by atoms with Crippen molar-refractivity contribution in [2.75, 3.05) is 18.8 Å². The highest BCUT2D eigenvalue weighted by atomic mass is 19.3. The lowest BCUT2D eigenvalue weighted by Crippen LogP contribution is -2.42. The van der Waals surface area contributed by atoms with Crippen LogP contribution in [0.2, 0.25) is 0 Å². The van der Waals surface area contributed by atoms with Crippen molar-refractivity contribution in [3.63, 3.8) is 0 Å². The lowest BCUT2D eigenvalue weighted by molar-refractivity contribution is -0.116. The van der Waals surface area contributed by atoms with Gasteiger partial charge < -0.3 is 20.9 Å². The van der Waals surface area contributed by atoms with E-state index in [9.17, 15) is 22.8 Å². The summed E-state index contributed by atoms with van der Waals surface area (Å²) in [7, 11) is 0. The number of hydrogen-bond acceptors (Lipinski definition) is 4. The Morgan fingerprint density at radius 2 is 1.57 bits per heavy atom. The molecule has 2 amide bonds. The summed E-state index contributed by atoms with van der Waals surface area (Å²) < 4.78 is 41.0. The number of halogens is 3. The molecule has 4 N–H and O–H groups in total. The maximum Gasteiger partial charge on any atom is 0.253 e. The van der Waals surface area contributed by atoms with Crippen LogP contribution in [0.15, 0.2) is 103 Å². The second kappa shape index (κ2) is 13.4. The highest BCUT2D eigenvalue weighted by Gasteiger charge is 2.35. The van der Waals surface area contributed by atoms with Crippen LogP contribution in [0.3, 0.4) is 0 Å². The van der Waals surface area contributed by atoms with Crippen molar-refractivity contribution in [1.29, 1.82) is 0 Å². The van der Waals surface area contributed by atoms with Crippen LogP contribution in [0.5, 0.6) is 0 Å². The zero-order valence-corrected chi connectivity index (χ0v) is 25.4. The van der Waals surface area contributed by atoms with E-state index in [1.165, 1.54) is 23.1 Å². The molecule has 1 saturated heterocycles. The predicted molar refractivity (Wildman–Crippen MR) is 177 cm³/mol. The first-order chi connectivity index (χ1) is 22.6. The zero-order valence-electron chi connectivity index (χ0n) is 25.4. The van der Waals surface area contributed by atoms with Crippen LogP contribution in [0.25, 0.3) is 39.6 Å². The number of nitrogens with one attached hydrogen (secondary N) is 2. The molecular formula is C37H32F3N5O2. The van der Waals surface area contributed by atoms with Gasteiger partial charge in [-0.2, -0.15) is 0 Å². The van der Waals surface area contributed by atoms with Gasteiger partial charge in [-0.05, 0) is 88.5 Å². The predicted octanol–water partition coefficient (Wildman–Crippen LogP) is 7.33. The summed E-state index contributed by atoms with van der Waals surface area (Å²) in [6.07, 6.45) is 4.02. The smallest absolute Gasteiger partial charge is 0.253 e. The lowest BCUT2D eigenvalue weighted by Gasteiger charge is -2.31. The van der Waals surface area contributed by atoms with Gasteiger partial charge in [0.2, 0.25) is 5.91 Å². The van der Waals surface area contributed by atoms with Gasteiger partial charge in [0.1, 0.15) is 11.6 Å². The molecule has 238 valence electrons. The van der Waals surface area contributed by atoms with Crippen LogP contribution in [0.1, 0.15) is 34.5 Å². The monoisotopic (exact) mass is 635 g/mol. The standard InChI is InChI=1S/C37H32F3N5O2/c38-29-10-7-26(8-11-29)32-21-28(25-3-5-27(6-4-25)36(47)45-19-17-37(39,40)18-20-45)9-13-31(32)33-14-12-30(44-33)23-43-35(46)16-2-24-1-15-34(41)42-22-24/h1-16,21-22,44H,17-20,23H2,(H2,41,42)(H,43,46). The number of carbonyl (C=O) groups is 2. The van der Waals surface area contributed by atoms with Gasteiger partial charge in [0.25, 0.3) is 11.8 Å². The molecule has 1 fully saturated rings. The van der Waals surface area contributed by atoms with Gasteiger partial charge in [-0.25, -0.2) is 18.2 Å². The molecular weight excluding hydrogens is 603 g/mol. The number of rotatable bonds is 8. The number of aromatic amines is 1. The average Bonchev–Trinajstić information content (AvgIpc) is 3.56. The molecule has 47 heavy (non-hydrogen) atoms. The first-order valence-electron chi connectivity index (χ1n) is 15.2. The van der Waals surface area contributed by atoms with Gasteiger partial charge in [-0.15, -0.1) is 0 Å². The SMILES string of the molecule is Nc1ccc(C=CC(=O)NCc2ccc(-c3ccc(-c4ccc(C(=O)N5CCC(F)(F)CC5)cc4)cc3-c3ccc(F)cc3)[nH]2)cn1. The van der Waals surface area contributed by atoms with Crippen molar-refractivity contribution >= 4 is 23.7 Å². The Balaban J connectivity index is 1.20. The number of aromatic nitrogens is 2. The highest BCUT2D eigenvalue weighted by Crippen LogP contribution is 2.36. The van der Waals surface area contributed by atoms with E-state index in [4.69, 9.17) is 5.73 Å². The third-order valence-electron chi connectivity index (χ3n) is 8.15. The van der Waals surface area contributed by atoms with Crippen molar-refractivity contribution in [3.05, 3.63) is 126 Å². The van der Waals surface area contributed by atoms with E-state index in [1.54, 1.807) is 48.7 Å². The van der Waals surface area contributed by atoms with E-state index < -0.39 is 5.92 Å². The van der Waals surface area contributed by atoms with Crippen LogP contribution >= 0.6 is 0 Å². The Hall–Kier alpha value is -5.64. The molecule has 0 radical (unpaired) electrons. The van der Waals surface area contributed by atoms with Crippen molar-refractivity contribution in [2.24, 2.45) is 0 Å². The molecule has 0 spiro atoms. The molecule has 0 aliphatic carbocycles. The van der Waals surface area contributed by atoms with E-state index in [0.717, 1.165) is 44.8 Å². The summed E-state index contributed by atoms with van der Waals surface area (Å²) in [6.45, 7) is 0.336. The van der Waals surface area contributed by atoms with Crippen LogP contribution < -0.4 is 11.1 Å². The summed E-state index contributed by atoms with van der Waals surface area (Å²) in [4.78, 5) is 34.2. The Kier molecular flexibility index (Phi) is 8.92. The number of piperidine rings is 1. The minimum Gasteiger partial charge on any atom is -0.384 e. The van der Waals surface area contributed by atoms with Gasteiger partial charge in [0.05, 0.1) is 6.54 Å². The van der Waals surface area contributed by atoms with Crippen LogP contribution in [-0.2, 0) is 11.3 Å². The summed E-state index contributed by atoms with van der Waals surface area (Å²) in [5.74, 6) is -3.19. The topological polar surface area (TPSA) is 104 Å². The number of amides is 2. The molecule has 0 saturated carbocycles. The number of hydrogen-bond donors (Lipinski definition) is 3. The van der Waals surface area contributed by atoms with Crippen molar-refractivity contribution in [3.8, 4) is 33.5 Å². The third kappa shape index (κ3) is 7.61. The Bertz CT molecular complexity index is 1910. The molecule has 0 unspecified atom stereocenters. The number of anilines is 1. The molecule has 0 bridgehead atoms. The fourth-order valence-corrected chi connectivity index (χ4v) is 5.48. The molecule has 1 aliphatic rings. The van der Waals surface area contributed by atoms with Crippen LogP contribution in [0, 0.1) is 5.82 Å². The number of nitrogen functional groups attached to an aromatic ring is 1. The van der Waals surface area contributed by atoms with Gasteiger partial charge in [0, 0.05) is 60.7 Å². The van der Waals surface area contributed by atoms with E-state index in [2.05, 4.69) is 15.3 Å². The zero-order chi connectivity index (χ0) is 33.0. The fourth-order valence-electron chi connectivity index (χ4n) is 5.48. The third-order valence-corrected chi connectivity index (χ3v) is 8.15. The van der Waals surface area contributed by atoms with Gasteiger partial charge in [0.15, 0.2) is 0 Å². The maximum absolute atomic E-state index is 13.8. The molecule has 6 rings (SSSR count). The summed E-state index contributed by atoms with van der Waals surface area (Å²) >= 11 is 0. The Morgan fingerprint density at radius 3 is 2.28 bits per heavy atom. The molecule has 1 aliphatic heterocycles. The molecule has 7 nitrogen and oxygen atoms in total. The number of carbonyl (C=O) groups excluding carboxylic acids is 2. The van der Waals surface area contributed by atoms with Crippen molar-refractivity contribution in [2.45, 2.75) is 25.3 Å². The summed E-state index contributed by atoms with van der Waals surface area (Å²) in [6, 6.07) is 26.5. The molecule has 10 heteroatoms. The second-order valence-corrected chi connectivity index (χ2v) is 11.5. The molecule has 2 aromatic heterocycles. The van der Waals surface area contributed by atoms with Gasteiger partial charge in [-0.1, -0.05) is 36.4 Å². The van der Waals surface area contributed by atoms with Gasteiger partial charge in [-0.3, -0.25) is 9.59 Å². The summed E-state index contributed by atoms with van der Waals surface area (Å²) in [5, 5.41) is 2.86. The second-order valence-electron chi connectivity index (χ2n) is 11.5. The highest BCUT2D eigenvalue weighted by molar-refractivity contribution is 5.95. The number of nitrogens with two attached hydrogens (primary N) is 1. The lowest BCUT2D eigenvalue weighted by atomic mass is 9.93. The van der Waals surface area contributed by atoms with E-state index in [1.807, 2.05) is 42.5 Å². The van der Waals surface area contributed by atoms with Crippen molar-refractivity contribution in [1.82, 2.24) is 20.2 Å². The Morgan fingerprint density at radius 1 is 0.872 bits per heavy atom. The molecule has 5 aromatic rings. The minimum absolute atomic E-state index is 0.0301. The van der Waals surface area contributed by atoms with Crippen molar-refractivity contribution < 1.29 is 22.8 Å². The molecule has 3 heterocycles. The van der Waals surface area contributed by atoms with Gasteiger partial charge >= 0.3 is 0 Å². The normalized spacial score (nSPS) is 14.3. The number of likely N-dealkylation sites (tertiary alicyclic amines) is 1. The molecule has 3 aromatic carbocycles. The van der Waals surface area contributed by atoms with Crippen LogP contribution in [0.4, 0.5) is 19.0 Å². The number of benzene rings is 3. The largest absolute Gasteiger partial charge is 0.384 e. The number of nitrogens with zero attached hydrogens (tertiary/aromatic N) is 2. The first kappa shape index (κ1) is 31.3. The fraction of sp³-hybridized carbons (Fsp3) is 0.162. The number of pyridine rings is 1. The number of alkyl halides is 2. The maximum atomic E-state index is 13.8. The number of H-pyrrole nitrogens is 1. The summed E-state index contributed by atoms with van der Waals surface area (Å²) in [5.41, 5.74) is 12.7. The van der Waals surface area contributed by atoms with E-state index >= 15 is 0 Å². The molecule has 0 atom stereocenters. The minimum atomic E-state index is -2.72. The van der Waals surface area contributed by atoms with Crippen LogP contribution in [-0.4, -0.2) is 45.7 Å².